The maximum atomic E-state index is 13.5. The number of hydrogen-bond acceptors (Lipinski definition) is 2. The molecule has 1 aliphatic rings. The van der Waals surface area contributed by atoms with Gasteiger partial charge < -0.3 is 14.6 Å². The molecule has 136 valence electrons. The van der Waals surface area contributed by atoms with Crippen LogP contribution in [0, 0.1) is 18.2 Å². The van der Waals surface area contributed by atoms with Crippen LogP contribution in [-0.4, -0.2) is 28.9 Å². The van der Waals surface area contributed by atoms with E-state index >= 15 is 0 Å². The summed E-state index contributed by atoms with van der Waals surface area (Å²) in [7, 11) is 1.64. The largest absolute Gasteiger partial charge is 0.497 e. The number of rotatable bonds is 2. The van der Waals surface area contributed by atoms with Gasteiger partial charge in [-0.3, -0.25) is 4.79 Å². The number of ether oxygens (including phenoxy) is 1. The van der Waals surface area contributed by atoms with Crippen molar-refractivity contribution in [3.05, 3.63) is 65.1 Å². The van der Waals surface area contributed by atoms with Gasteiger partial charge in [-0.1, -0.05) is 12.1 Å². The van der Waals surface area contributed by atoms with E-state index in [-0.39, 0.29) is 17.8 Å². The SMILES string of the molecule is C#CC(=O)N1[C@@H](c2ccc(F)cc2)c2[nH]c3ccc(OC)cc3c2C[C@@H]1C. The van der Waals surface area contributed by atoms with Crippen molar-refractivity contribution in [2.24, 2.45) is 0 Å². The summed E-state index contributed by atoms with van der Waals surface area (Å²) in [6.07, 6.45) is 6.11. The van der Waals surface area contributed by atoms with Crippen LogP contribution in [0.5, 0.6) is 5.75 Å². The summed E-state index contributed by atoms with van der Waals surface area (Å²) >= 11 is 0. The van der Waals surface area contributed by atoms with E-state index in [0.717, 1.165) is 33.5 Å². The zero-order valence-electron chi connectivity index (χ0n) is 15.1. The third-order valence-corrected chi connectivity index (χ3v) is 5.22. The van der Waals surface area contributed by atoms with E-state index < -0.39 is 6.04 Å². The molecule has 0 spiro atoms. The number of aromatic nitrogens is 1. The van der Waals surface area contributed by atoms with Gasteiger partial charge in [0, 0.05) is 22.6 Å². The number of halogens is 1. The molecule has 0 saturated carbocycles. The number of carbonyl (C=O) groups is 1. The third kappa shape index (κ3) is 2.74. The Morgan fingerprint density at radius 1 is 1.30 bits per heavy atom. The molecule has 1 amide bonds. The van der Waals surface area contributed by atoms with Crippen LogP contribution in [0.2, 0.25) is 0 Å². The van der Waals surface area contributed by atoms with Crippen molar-refractivity contribution < 1.29 is 13.9 Å². The van der Waals surface area contributed by atoms with Crippen LogP contribution in [0.4, 0.5) is 4.39 Å². The number of terminal acetylenes is 1. The standard InChI is InChI=1S/C22H19FN2O2/c1-4-20(26)25-13(2)11-18-17-12-16(27-3)9-10-19(17)24-21(18)22(25)14-5-7-15(23)8-6-14/h1,5-10,12-13,22,24H,11H2,2-3H3/t13-,22-/m0/s1. The Balaban J connectivity index is 1.96. The summed E-state index contributed by atoms with van der Waals surface area (Å²) in [5, 5.41) is 1.07. The number of hydrogen-bond donors (Lipinski definition) is 1. The zero-order chi connectivity index (χ0) is 19.1. The highest BCUT2D eigenvalue weighted by Crippen LogP contribution is 2.41. The second-order valence-electron chi connectivity index (χ2n) is 6.79. The van der Waals surface area contributed by atoms with Crippen LogP contribution >= 0.6 is 0 Å². The fourth-order valence-electron chi connectivity index (χ4n) is 3.98. The molecule has 0 saturated heterocycles. The Morgan fingerprint density at radius 3 is 2.70 bits per heavy atom. The van der Waals surface area contributed by atoms with Gasteiger partial charge in [-0.25, -0.2) is 4.39 Å². The third-order valence-electron chi connectivity index (χ3n) is 5.22. The molecule has 2 heterocycles. The molecule has 0 fully saturated rings. The summed E-state index contributed by atoms with van der Waals surface area (Å²) in [6, 6.07) is 11.6. The van der Waals surface area contributed by atoms with E-state index in [4.69, 9.17) is 11.2 Å². The topological polar surface area (TPSA) is 45.3 Å². The van der Waals surface area contributed by atoms with Crippen LogP contribution in [0.3, 0.4) is 0 Å². The van der Waals surface area contributed by atoms with Crippen molar-refractivity contribution in [2.75, 3.05) is 7.11 Å². The van der Waals surface area contributed by atoms with Gasteiger partial charge >= 0.3 is 0 Å². The zero-order valence-corrected chi connectivity index (χ0v) is 15.1. The van der Waals surface area contributed by atoms with E-state index in [9.17, 15) is 9.18 Å². The smallest absolute Gasteiger partial charge is 0.299 e. The summed E-state index contributed by atoms with van der Waals surface area (Å²) in [5.41, 5.74) is 3.82. The van der Waals surface area contributed by atoms with Gasteiger partial charge in [0.2, 0.25) is 0 Å². The predicted molar refractivity (Wildman–Crippen MR) is 102 cm³/mol. The van der Waals surface area contributed by atoms with Gasteiger partial charge in [-0.15, -0.1) is 6.42 Å². The molecular weight excluding hydrogens is 343 g/mol. The molecular formula is C22H19FN2O2. The number of methoxy groups -OCH3 is 1. The number of nitrogens with zero attached hydrogens (tertiary/aromatic N) is 1. The van der Waals surface area contributed by atoms with Crippen molar-refractivity contribution in [3.63, 3.8) is 0 Å². The molecule has 1 aliphatic heterocycles. The van der Waals surface area contributed by atoms with E-state index in [1.165, 1.54) is 12.1 Å². The van der Waals surface area contributed by atoms with Gasteiger partial charge in [0.25, 0.3) is 5.91 Å². The Labute approximate surface area is 156 Å². The average Bonchev–Trinajstić information content (AvgIpc) is 3.04. The lowest BCUT2D eigenvalue weighted by Gasteiger charge is -2.39. The number of benzene rings is 2. The quantitative estimate of drug-likeness (QED) is 0.705. The van der Waals surface area contributed by atoms with Crippen LogP contribution in [-0.2, 0) is 11.2 Å². The number of nitrogens with one attached hydrogen (secondary N) is 1. The van der Waals surface area contributed by atoms with Crippen molar-refractivity contribution >= 4 is 16.8 Å². The maximum absolute atomic E-state index is 13.5. The lowest BCUT2D eigenvalue weighted by molar-refractivity contribution is -0.129. The number of amides is 1. The van der Waals surface area contributed by atoms with Gasteiger partial charge in [0.1, 0.15) is 11.6 Å². The fraction of sp³-hybridized carbons (Fsp3) is 0.227. The lowest BCUT2D eigenvalue weighted by atomic mass is 9.88. The molecule has 0 aliphatic carbocycles. The second kappa shape index (κ2) is 6.48. The number of carbonyl (C=O) groups excluding carboxylic acids is 1. The predicted octanol–water partition coefficient (Wildman–Crippen LogP) is 3.81. The molecule has 1 aromatic heterocycles. The molecule has 0 radical (unpaired) electrons. The first kappa shape index (κ1) is 17.2. The highest BCUT2D eigenvalue weighted by Gasteiger charge is 2.38. The van der Waals surface area contributed by atoms with Crippen LogP contribution < -0.4 is 4.74 Å². The van der Waals surface area contributed by atoms with Crippen molar-refractivity contribution in [3.8, 4) is 18.1 Å². The number of fused-ring (bicyclic) bond motifs is 3. The van der Waals surface area contributed by atoms with E-state index in [1.807, 2.05) is 25.1 Å². The van der Waals surface area contributed by atoms with Crippen LogP contribution in [0.1, 0.15) is 29.8 Å². The molecule has 0 unspecified atom stereocenters. The summed E-state index contributed by atoms with van der Waals surface area (Å²) < 4.78 is 18.8. The molecule has 27 heavy (non-hydrogen) atoms. The lowest BCUT2D eigenvalue weighted by Crippen LogP contribution is -2.45. The van der Waals surface area contributed by atoms with Crippen molar-refractivity contribution in [1.82, 2.24) is 9.88 Å². The normalized spacial score (nSPS) is 18.8. The number of aromatic amines is 1. The molecule has 0 bridgehead atoms. The Kier molecular flexibility index (Phi) is 4.12. The Bertz CT molecular complexity index is 1060. The van der Waals surface area contributed by atoms with Crippen molar-refractivity contribution in [2.45, 2.75) is 25.4 Å². The minimum Gasteiger partial charge on any atom is -0.497 e. The molecule has 3 aromatic rings. The minimum absolute atomic E-state index is 0.0960. The van der Waals surface area contributed by atoms with Crippen LogP contribution in [0.15, 0.2) is 42.5 Å². The van der Waals surface area contributed by atoms with E-state index in [2.05, 4.69) is 10.9 Å². The fourth-order valence-corrected chi connectivity index (χ4v) is 3.98. The van der Waals surface area contributed by atoms with Crippen LogP contribution in [0.25, 0.3) is 10.9 Å². The molecule has 4 nitrogen and oxygen atoms in total. The highest BCUT2D eigenvalue weighted by atomic mass is 19.1. The van der Waals surface area contributed by atoms with Gasteiger partial charge in [-0.2, -0.15) is 0 Å². The molecule has 2 atom stereocenters. The Morgan fingerprint density at radius 2 is 2.04 bits per heavy atom. The summed E-state index contributed by atoms with van der Waals surface area (Å²) in [6.45, 7) is 1.98. The van der Waals surface area contributed by atoms with Gasteiger partial charge in [-0.05, 0) is 60.7 Å². The van der Waals surface area contributed by atoms with E-state index in [1.54, 1.807) is 24.1 Å². The number of H-pyrrole nitrogens is 1. The van der Waals surface area contributed by atoms with Gasteiger partial charge in [0.05, 0.1) is 13.2 Å². The second-order valence-corrected chi connectivity index (χ2v) is 6.79. The minimum atomic E-state index is -0.397. The highest BCUT2D eigenvalue weighted by molar-refractivity contribution is 5.95. The summed E-state index contributed by atoms with van der Waals surface area (Å²) in [5.74, 6) is 2.32. The average molecular weight is 362 g/mol. The first-order valence-corrected chi connectivity index (χ1v) is 8.76. The van der Waals surface area contributed by atoms with Gasteiger partial charge in [0.15, 0.2) is 0 Å². The first-order valence-electron chi connectivity index (χ1n) is 8.76. The molecule has 4 rings (SSSR count). The van der Waals surface area contributed by atoms with Crippen molar-refractivity contribution in [1.29, 1.82) is 0 Å². The molecule has 2 aromatic carbocycles. The first-order chi connectivity index (χ1) is 13.0. The molecule has 5 heteroatoms. The monoisotopic (exact) mass is 362 g/mol. The Hall–Kier alpha value is -3.26. The van der Waals surface area contributed by atoms with E-state index in [0.29, 0.717) is 6.42 Å². The maximum Gasteiger partial charge on any atom is 0.299 e. The molecule has 1 N–H and O–H groups in total. The summed E-state index contributed by atoms with van der Waals surface area (Å²) in [4.78, 5) is 17.7.